The van der Waals surface area contributed by atoms with Gasteiger partial charge in [-0.3, -0.25) is 4.79 Å². The summed E-state index contributed by atoms with van der Waals surface area (Å²) in [7, 11) is 0. The average Bonchev–Trinajstić information content (AvgIpc) is 2.35. The molecule has 0 aliphatic heterocycles. The zero-order valence-corrected chi connectivity index (χ0v) is 12.3. The van der Waals surface area contributed by atoms with Gasteiger partial charge in [-0.25, -0.2) is 0 Å². The Balaban J connectivity index is 2.35. The van der Waals surface area contributed by atoms with Gasteiger partial charge in [0.15, 0.2) is 0 Å². The van der Waals surface area contributed by atoms with Crippen LogP contribution in [0.25, 0.3) is 0 Å². The maximum atomic E-state index is 11.7. The van der Waals surface area contributed by atoms with Gasteiger partial charge >= 0.3 is 0 Å². The maximum Gasteiger partial charge on any atom is 0.220 e. The summed E-state index contributed by atoms with van der Waals surface area (Å²) in [5.41, 5.74) is 6.65. The minimum atomic E-state index is -0.860. The standard InChI is InChI=1S/C14H22N2O2S/c1-14(18,10-19-2)9-16-13(17)8-7-11-5-3-4-6-12(11)15/h3-6,18H,7-10,15H2,1-2H3,(H,16,17). The summed E-state index contributed by atoms with van der Waals surface area (Å²) >= 11 is 1.55. The van der Waals surface area contributed by atoms with E-state index in [1.807, 2.05) is 30.5 Å². The van der Waals surface area contributed by atoms with Crippen LogP contribution >= 0.6 is 11.8 Å². The van der Waals surface area contributed by atoms with Crippen LogP contribution in [0.1, 0.15) is 18.9 Å². The highest BCUT2D eigenvalue weighted by atomic mass is 32.2. The Morgan fingerprint density at radius 1 is 1.47 bits per heavy atom. The smallest absolute Gasteiger partial charge is 0.220 e. The molecule has 1 atom stereocenters. The Labute approximate surface area is 118 Å². The topological polar surface area (TPSA) is 75.3 Å². The number of aryl methyl sites for hydroxylation is 1. The number of hydrogen-bond donors (Lipinski definition) is 3. The highest BCUT2D eigenvalue weighted by molar-refractivity contribution is 7.98. The quantitative estimate of drug-likeness (QED) is 0.661. The summed E-state index contributed by atoms with van der Waals surface area (Å²) in [5, 5.41) is 12.7. The molecule has 0 saturated heterocycles. The third kappa shape index (κ3) is 5.98. The van der Waals surface area contributed by atoms with Gasteiger partial charge < -0.3 is 16.2 Å². The third-order valence-corrected chi connectivity index (χ3v) is 3.71. The lowest BCUT2D eigenvalue weighted by atomic mass is 10.1. The van der Waals surface area contributed by atoms with Crippen LogP contribution in [0.4, 0.5) is 5.69 Å². The van der Waals surface area contributed by atoms with E-state index in [4.69, 9.17) is 5.73 Å². The number of benzene rings is 1. The number of nitrogen functional groups attached to an aromatic ring is 1. The van der Waals surface area contributed by atoms with Crippen molar-refractivity contribution in [3.05, 3.63) is 29.8 Å². The maximum absolute atomic E-state index is 11.7. The second-order valence-electron chi connectivity index (χ2n) is 4.91. The molecular formula is C14H22N2O2S. The van der Waals surface area contributed by atoms with Crippen LogP contribution < -0.4 is 11.1 Å². The van der Waals surface area contributed by atoms with Crippen molar-refractivity contribution in [3.8, 4) is 0 Å². The van der Waals surface area contributed by atoms with Crippen molar-refractivity contribution in [2.75, 3.05) is 24.3 Å². The summed E-state index contributed by atoms with van der Waals surface area (Å²) in [4.78, 5) is 11.7. The van der Waals surface area contributed by atoms with Crippen LogP contribution in [0.5, 0.6) is 0 Å². The molecule has 0 heterocycles. The highest BCUT2D eigenvalue weighted by Gasteiger charge is 2.20. The van der Waals surface area contributed by atoms with Gasteiger partial charge in [0.05, 0.1) is 5.60 Å². The van der Waals surface area contributed by atoms with Gasteiger partial charge in [0.25, 0.3) is 0 Å². The van der Waals surface area contributed by atoms with Crippen LogP contribution in [0, 0.1) is 0 Å². The van der Waals surface area contributed by atoms with Crippen molar-refractivity contribution in [1.82, 2.24) is 5.32 Å². The summed E-state index contributed by atoms with van der Waals surface area (Å²) in [5.74, 6) is 0.531. The van der Waals surface area contributed by atoms with E-state index in [0.29, 0.717) is 24.3 Å². The summed E-state index contributed by atoms with van der Waals surface area (Å²) < 4.78 is 0. The molecule has 4 nitrogen and oxygen atoms in total. The first-order chi connectivity index (χ1) is 8.94. The Morgan fingerprint density at radius 3 is 2.79 bits per heavy atom. The molecule has 0 aliphatic rings. The number of thioether (sulfide) groups is 1. The van der Waals surface area contributed by atoms with E-state index in [2.05, 4.69) is 5.32 Å². The number of hydrogen-bond acceptors (Lipinski definition) is 4. The van der Waals surface area contributed by atoms with E-state index in [1.165, 1.54) is 0 Å². The van der Waals surface area contributed by atoms with E-state index in [1.54, 1.807) is 18.7 Å². The molecule has 0 saturated carbocycles. The number of para-hydroxylation sites is 1. The fourth-order valence-corrected chi connectivity index (χ4v) is 2.47. The summed E-state index contributed by atoms with van der Waals surface area (Å²) in [6.07, 6.45) is 2.92. The predicted octanol–water partition coefficient (Wildman–Crippen LogP) is 1.43. The molecule has 0 aliphatic carbocycles. The molecule has 0 aromatic heterocycles. The fourth-order valence-electron chi connectivity index (χ4n) is 1.75. The number of aliphatic hydroxyl groups is 1. The van der Waals surface area contributed by atoms with Gasteiger partial charge in [0, 0.05) is 24.4 Å². The van der Waals surface area contributed by atoms with Gasteiger partial charge in [-0.05, 0) is 31.2 Å². The molecule has 0 radical (unpaired) electrons. The number of nitrogens with one attached hydrogen (secondary N) is 1. The monoisotopic (exact) mass is 282 g/mol. The Hall–Kier alpha value is -1.20. The number of rotatable bonds is 7. The lowest BCUT2D eigenvalue weighted by Crippen LogP contribution is -2.42. The minimum absolute atomic E-state index is 0.0652. The minimum Gasteiger partial charge on any atom is -0.399 e. The SMILES string of the molecule is CSCC(C)(O)CNC(=O)CCc1ccccc1N. The number of carbonyl (C=O) groups excluding carboxylic acids is 1. The van der Waals surface area contributed by atoms with Crippen molar-refractivity contribution in [2.24, 2.45) is 0 Å². The molecule has 106 valence electrons. The molecule has 0 fully saturated rings. The van der Waals surface area contributed by atoms with Crippen LogP contribution in [-0.2, 0) is 11.2 Å². The van der Waals surface area contributed by atoms with E-state index >= 15 is 0 Å². The van der Waals surface area contributed by atoms with Crippen molar-refractivity contribution in [1.29, 1.82) is 0 Å². The van der Waals surface area contributed by atoms with Crippen molar-refractivity contribution in [3.63, 3.8) is 0 Å². The lowest BCUT2D eigenvalue weighted by molar-refractivity contribution is -0.122. The Bertz CT molecular complexity index is 422. The Morgan fingerprint density at radius 2 is 2.16 bits per heavy atom. The normalized spacial score (nSPS) is 13.8. The second-order valence-corrected chi connectivity index (χ2v) is 5.77. The predicted molar refractivity (Wildman–Crippen MR) is 81.2 cm³/mol. The van der Waals surface area contributed by atoms with Gasteiger partial charge in [-0.15, -0.1) is 0 Å². The van der Waals surface area contributed by atoms with E-state index in [0.717, 1.165) is 5.56 Å². The molecule has 0 bridgehead atoms. The van der Waals surface area contributed by atoms with Crippen molar-refractivity contribution < 1.29 is 9.90 Å². The van der Waals surface area contributed by atoms with Crippen molar-refractivity contribution >= 4 is 23.4 Å². The fraction of sp³-hybridized carbons (Fsp3) is 0.500. The molecule has 19 heavy (non-hydrogen) atoms. The van der Waals surface area contributed by atoms with E-state index < -0.39 is 5.60 Å². The second kappa shape index (κ2) is 7.40. The third-order valence-electron chi connectivity index (χ3n) is 2.80. The number of carbonyl (C=O) groups is 1. The zero-order valence-electron chi connectivity index (χ0n) is 11.5. The van der Waals surface area contributed by atoms with Crippen LogP contribution in [0.3, 0.4) is 0 Å². The molecule has 1 unspecified atom stereocenters. The number of nitrogens with two attached hydrogens (primary N) is 1. The van der Waals surface area contributed by atoms with Gasteiger partial charge in [0.2, 0.25) is 5.91 Å². The average molecular weight is 282 g/mol. The summed E-state index contributed by atoms with van der Waals surface area (Å²) in [6.45, 7) is 2.00. The van der Waals surface area contributed by atoms with Crippen molar-refractivity contribution in [2.45, 2.75) is 25.4 Å². The molecule has 1 aromatic rings. The first-order valence-corrected chi connectivity index (χ1v) is 7.65. The molecule has 1 amide bonds. The Kier molecular flexibility index (Phi) is 6.18. The first kappa shape index (κ1) is 15.9. The first-order valence-electron chi connectivity index (χ1n) is 6.26. The molecule has 1 aromatic carbocycles. The lowest BCUT2D eigenvalue weighted by Gasteiger charge is -2.22. The molecule has 1 rings (SSSR count). The van der Waals surface area contributed by atoms with Crippen LogP contribution in [0.15, 0.2) is 24.3 Å². The molecule has 5 heteroatoms. The van der Waals surface area contributed by atoms with Gasteiger partial charge in [0.1, 0.15) is 0 Å². The van der Waals surface area contributed by atoms with Gasteiger partial charge in [-0.1, -0.05) is 18.2 Å². The van der Waals surface area contributed by atoms with E-state index in [9.17, 15) is 9.90 Å². The van der Waals surface area contributed by atoms with E-state index in [-0.39, 0.29) is 12.5 Å². The van der Waals surface area contributed by atoms with Gasteiger partial charge in [-0.2, -0.15) is 11.8 Å². The highest BCUT2D eigenvalue weighted by Crippen LogP contribution is 2.13. The molecule has 0 spiro atoms. The molecular weight excluding hydrogens is 260 g/mol. The summed E-state index contributed by atoms with van der Waals surface area (Å²) in [6, 6.07) is 7.54. The number of amides is 1. The largest absolute Gasteiger partial charge is 0.399 e. The van der Waals surface area contributed by atoms with Crippen LogP contribution in [-0.4, -0.2) is 35.2 Å². The van der Waals surface area contributed by atoms with Crippen LogP contribution in [0.2, 0.25) is 0 Å². The number of anilines is 1. The molecule has 4 N–H and O–H groups in total. The zero-order chi connectivity index (χ0) is 14.3.